The molecule has 0 aromatic heterocycles. The highest BCUT2D eigenvalue weighted by atomic mass is 79.9. The molecule has 1 unspecified atom stereocenters. The van der Waals surface area contributed by atoms with E-state index in [-0.39, 0.29) is 5.54 Å². The second-order valence-corrected chi connectivity index (χ2v) is 4.73. The molecule has 1 nitrogen and oxygen atoms in total. The number of halogens is 1. The molecule has 0 aliphatic heterocycles. The van der Waals surface area contributed by atoms with Crippen LogP contribution in [0, 0.1) is 0 Å². The van der Waals surface area contributed by atoms with Crippen LogP contribution in [0.3, 0.4) is 0 Å². The Labute approximate surface area is 88.5 Å². The van der Waals surface area contributed by atoms with Gasteiger partial charge in [0.25, 0.3) is 0 Å². The van der Waals surface area contributed by atoms with Gasteiger partial charge < -0.3 is 5.73 Å². The van der Waals surface area contributed by atoms with Gasteiger partial charge in [0.2, 0.25) is 0 Å². The summed E-state index contributed by atoms with van der Waals surface area (Å²) < 4.78 is 1.12. The van der Waals surface area contributed by atoms with Crippen molar-refractivity contribution < 1.29 is 0 Å². The van der Waals surface area contributed by atoms with Crippen molar-refractivity contribution in [3.63, 3.8) is 0 Å². The van der Waals surface area contributed by atoms with Gasteiger partial charge in [-0.3, -0.25) is 0 Å². The molecule has 1 atom stereocenters. The van der Waals surface area contributed by atoms with Gasteiger partial charge >= 0.3 is 0 Å². The molecule has 2 heteroatoms. The molecule has 1 aromatic carbocycles. The highest BCUT2D eigenvalue weighted by molar-refractivity contribution is 9.10. The predicted octanol–water partition coefficient (Wildman–Crippen LogP) is 3.12. The summed E-state index contributed by atoms with van der Waals surface area (Å²) in [5.74, 6) is 0. The lowest BCUT2D eigenvalue weighted by atomic mass is 9.92. The summed E-state index contributed by atoms with van der Waals surface area (Å²) in [5, 5.41) is 0. The van der Waals surface area contributed by atoms with Crippen molar-refractivity contribution >= 4 is 15.9 Å². The molecule has 0 saturated heterocycles. The zero-order valence-corrected chi connectivity index (χ0v) is 9.76. The monoisotopic (exact) mass is 241 g/mol. The fraction of sp³-hybridized carbons (Fsp3) is 0.455. The van der Waals surface area contributed by atoms with Gasteiger partial charge in [-0.25, -0.2) is 0 Å². The zero-order chi connectivity index (χ0) is 9.90. The third kappa shape index (κ3) is 3.49. The van der Waals surface area contributed by atoms with Gasteiger partial charge in [0.05, 0.1) is 0 Å². The summed E-state index contributed by atoms with van der Waals surface area (Å²) in [6.45, 7) is 4.22. The van der Waals surface area contributed by atoms with E-state index in [1.165, 1.54) is 5.56 Å². The van der Waals surface area contributed by atoms with Gasteiger partial charge in [0.1, 0.15) is 0 Å². The van der Waals surface area contributed by atoms with E-state index in [1.807, 2.05) is 0 Å². The Kier molecular flexibility index (Phi) is 3.51. The Bertz CT molecular complexity index is 264. The molecule has 0 spiro atoms. The topological polar surface area (TPSA) is 26.0 Å². The molecule has 2 N–H and O–H groups in total. The van der Waals surface area contributed by atoms with E-state index in [2.05, 4.69) is 54.0 Å². The van der Waals surface area contributed by atoms with Crippen molar-refractivity contribution in [1.82, 2.24) is 0 Å². The Morgan fingerprint density at radius 3 is 2.31 bits per heavy atom. The molecular weight excluding hydrogens is 226 g/mol. The normalized spacial score (nSPS) is 15.4. The molecule has 0 heterocycles. The number of hydrogen-bond acceptors (Lipinski definition) is 1. The van der Waals surface area contributed by atoms with Crippen LogP contribution in [-0.4, -0.2) is 5.54 Å². The first-order valence-corrected chi connectivity index (χ1v) is 5.36. The number of rotatable bonds is 3. The van der Waals surface area contributed by atoms with Gasteiger partial charge in [-0.1, -0.05) is 35.0 Å². The van der Waals surface area contributed by atoms with Gasteiger partial charge in [-0.15, -0.1) is 0 Å². The highest BCUT2D eigenvalue weighted by Crippen LogP contribution is 2.16. The molecule has 0 aliphatic carbocycles. The Morgan fingerprint density at radius 2 is 1.85 bits per heavy atom. The maximum atomic E-state index is 6.07. The van der Waals surface area contributed by atoms with E-state index in [0.717, 1.165) is 17.3 Å². The minimum absolute atomic E-state index is 0.0756. The molecule has 0 radical (unpaired) electrons. The van der Waals surface area contributed by atoms with Crippen LogP contribution in [0.5, 0.6) is 0 Å². The summed E-state index contributed by atoms with van der Waals surface area (Å²) in [6.07, 6.45) is 1.94. The number of benzene rings is 1. The van der Waals surface area contributed by atoms with Crippen molar-refractivity contribution in [2.75, 3.05) is 0 Å². The third-order valence-electron chi connectivity index (χ3n) is 2.33. The minimum atomic E-state index is -0.0756. The average molecular weight is 242 g/mol. The first kappa shape index (κ1) is 10.7. The second-order valence-electron chi connectivity index (χ2n) is 3.81. The highest BCUT2D eigenvalue weighted by Gasteiger charge is 2.15. The van der Waals surface area contributed by atoms with Crippen LogP contribution in [0.25, 0.3) is 0 Å². The lowest BCUT2D eigenvalue weighted by molar-refractivity contribution is 0.450. The summed E-state index contributed by atoms with van der Waals surface area (Å²) >= 11 is 3.41. The molecule has 13 heavy (non-hydrogen) atoms. The predicted molar refractivity (Wildman–Crippen MR) is 60.7 cm³/mol. The Hall–Kier alpha value is -0.340. The lowest BCUT2D eigenvalue weighted by Gasteiger charge is -2.22. The quantitative estimate of drug-likeness (QED) is 0.865. The standard InChI is InChI=1S/C11H16BrN/c1-3-11(2,13)8-9-4-6-10(12)7-5-9/h4-7H,3,8,13H2,1-2H3. The molecule has 0 aliphatic rings. The van der Waals surface area contributed by atoms with Crippen molar-refractivity contribution in [1.29, 1.82) is 0 Å². The summed E-state index contributed by atoms with van der Waals surface area (Å²) in [6, 6.07) is 8.35. The van der Waals surface area contributed by atoms with Crippen LogP contribution in [0.4, 0.5) is 0 Å². The van der Waals surface area contributed by atoms with Crippen molar-refractivity contribution in [2.24, 2.45) is 5.73 Å². The van der Waals surface area contributed by atoms with E-state index in [0.29, 0.717) is 0 Å². The maximum Gasteiger partial charge on any atom is 0.0175 e. The summed E-state index contributed by atoms with van der Waals surface area (Å²) in [4.78, 5) is 0. The van der Waals surface area contributed by atoms with E-state index in [9.17, 15) is 0 Å². The molecule has 0 amide bonds. The van der Waals surface area contributed by atoms with Gasteiger partial charge in [0, 0.05) is 10.0 Å². The van der Waals surface area contributed by atoms with E-state index >= 15 is 0 Å². The maximum absolute atomic E-state index is 6.07. The van der Waals surface area contributed by atoms with Crippen LogP contribution < -0.4 is 5.73 Å². The number of nitrogens with two attached hydrogens (primary N) is 1. The molecular formula is C11H16BrN. The Morgan fingerprint density at radius 1 is 1.31 bits per heavy atom. The Balaban J connectivity index is 2.69. The molecule has 0 fully saturated rings. The smallest absolute Gasteiger partial charge is 0.0175 e. The van der Waals surface area contributed by atoms with Crippen LogP contribution in [0.15, 0.2) is 28.7 Å². The fourth-order valence-corrected chi connectivity index (χ4v) is 1.46. The fourth-order valence-electron chi connectivity index (χ4n) is 1.19. The van der Waals surface area contributed by atoms with E-state index in [1.54, 1.807) is 0 Å². The van der Waals surface area contributed by atoms with Crippen LogP contribution >= 0.6 is 15.9 Å². The van der Waals surface area contributed by atoms with E-state index < -0.39 is 0 Å². The second kappa shape index (κ2) is 4.25. The lowest BCUT2D eigenvalue weighted by Crippen LogP contribution is -2.37. The average Bonchev–Trinajstić information content (AvgIpc) is 2.09. The summed E-state index contributed by atoms with van der Waals surface area (Å²) in [7, 11) is 0. The molecule has 72 valence electrons. The van der Waals surface area contributed by atoms with Crippen molar-refractivity contribution in [2.45, 2.75) is 32.2 Å². The first-order valence-electron chi connectivity index (χ1n) is 4.57. The van der Waals surface area contributed by atoms with E-state index in [4.69, 9.17) is 5.73 Å². The third-order valence-corrected chi connectivity index (χ3v) is 2.86. The van der Waals surface area contributed by atoms with Gasteiger partial charge in [-0.05, 0) is 37.5 Å². The van der Waals surface area contributed by atoms with Crippen molar-refractivity contribution in [3.8, 4) is 0 Å². The van der Waals surface area contributed by atoms with Gasteiger partial charge in [-0.2, -0.15) is 0 Å². The summed E-state index contributed by atoms with van der Waals surface area (Å²) in [5.41, 5.74) is 7.30. The van der Waals surface area contributed by atoms with Crippen LogP contribution in [0.2, 0.25) is 0 Å². The molecule has 1 aromatic rings. The van der Waals surface area contributed by atoms with Gasteiger partial charge in [0.15, 0.2) is 0 Å². The van der Waals surface area contributed by atoms with Crippen molar-refractivity contribution in [3.05, 3.63) is 34.3 Å². The van der Waals surface area contributed by atoms with Crippen LogP contribution in [0.1, 0.15) is 25.8 Å². The first-order chi connectivity index (χ1) is 6.03. The SMILES string of the molecule is CCC(C)(N)Cc1ccc(Br)cc1. The van der Waals surface area contributed by atoms with Crippen LogP contribution in [-0.2, 0) is 6.42 Å². The molecule has 0 saturated carbocycles. The number of hydrogen-bond donors (Lipinski definition) is 1. The minimum Gasteiger partial charge on any atom is -0.325 e. The zero-order valence-electron chi connectivity index (χ0n) is 8.18. The largest absolute Gasteiger partial charge is 0.325 e. The molecule has 0 bridgehead atoms. The molecule has 1 rings (SSSR count).